The van der Waals surface area contributed by atoms with Crippen molar-refractivity contribution in [2.24, 2.45) is 0 Å². The standard InChI is InChI=1S/C19H16FNO3/c1-14-9-10-18(20)17(12-22)16(14)8-5-11-21-19(23)24-13-15-6-3-2-4-7-15/h2-4,6-7,9-10,12H,11,13H2,1H3,(H,21,23). The number of alkyl carbamates (subject to hydrolysis) is 1. The summed E-state index contributed by atoms with van der Waals surface area (Å²) in [6.45, 7) is 1.93. The number of hydrogen-bond acceptors (Lipinski definition) is 3. The van der Waals surface area contributed by atoms with Gasteiger partial charge in [-0.1, -0.05) is 48.2 Å². The van der Waals surface area contributed by atoms with E-state index >= 15 is 0 Å². The van der Waals surface area contributed by atoms with Crippen LogP contribution in [0.2, 0.25) is 0 Å². The van der Waals surface area contributed by atoms with Crippen LogP contribution in [0.25, 0.3) is 0 Å². The Morgan fingerprint density at radius 1 is 1.25 bits per heavy atom. The van der Waals surface area contributed by atoms with Gasteiger partial charge < -0.3 is 10.1 Å². The number of nitrogens with one attached hydrogen (secondary N) is 1. The number of carbonyl (C=O) groups excluding carboxylic acids is 2. The fourth-order valence-corrected chi connectivity index (χ4v) is 2.01. The molecule has 0 saturated carbocycles. The van der Waals surface area contributed by atoms with Gasteiger partial charge in [-0.25, -0.2) is 9.18 Å². The van der Waals surface area contributed by atoms with Crippen LogP contribution in [0.5, 0.6) is 0 Å². The molecule has 2 rings (SSSR count). The van der Waals surface area contributed by atoms with Crippen molar-refractivity contribution in [3.8, 4) is 11.8 Å². The van der Waals surface area contributed by atoms with Gasteiger partial charge in [0.1, 0.15) is 12.4 Å². The first-order chi connectivity index (χ1) is 11.6. The lowest BCUT2D eigenvalue weighted by molar-refractivity contribution is 0.111. The van der Waals surface area contributed by atoms with Gasteiger partial charge in [-0.3, -0.25) is 4.79 Å². The van der Waals surface area contributed by atoms with Crippen LogP contribution in [0.4, 0.5) is 9.18 Å². The van der Waals surface area contributed by atoms with Crippen molar-refractivity contribution >= 4 is 12.4 Å². The predicted octanol–water partition coefficient (Wildman–Crippen LogP) is 3.22. The molecule has 0 atom stereocenters. The summed E-state index contributed by atoms with van der Waals surface area (Å²) in [5.41, 5.74) is 1.82. The molecule has 0 heterocycles. The lowest BCUT2D eigenvalue weighted by Gasteiger charge is -2.05. The Balaban J connectivity index is 1.89. The molecule has 0 aliphatic rings. The highest BCUT2D eigenvalue weighted by Gasteiger charge is 2.08. The maximum atomic E-state index is 13.5. The van der Waals surface area contributed by atoms with Gasteiger partial charge in [0.25, 0.3) is 0 Å². The molecule has 0 aromatic heterocycles. The highest BCUT2D eigenvalue weighted by molar-refractivity contribution is 5.80. The molecule has 4 nitrogen and oxygen atoms in total. The minimum Gasteiger partial charge on any atom is -0.445 e. The summed E-state index contributed by atoms with van der Waals surface area (Å²) < 4.78 is 18.6. The third-order valence-corrected chi connectivity index (χ3v) is 3.27. The normalized spacial score (nSPS) is 9.58. The second-order valence-electron chi connectivity index (χ2n) is 4.99. The molecule has 122 valence electrons. The van der Waals surface area contributed by atoms with Crippen LogP contribution in [0.15, 0.2) is 42.5 Å². The fourth-order valence-electron chi connectivity index (χ4n) is 2.01. The van der Waals surface area contributed by atoms with Crippen molar-refractivity contribution in [3.63, 3.8) is 0 Å². The van der Waals surface area contributed by atoms with Gasteiger partial charge in [-0.05, 0) is 24.1 Å². The van der Waals surface area contributed by atoms with Gasteiger partial charge in [0.15, 0.2) is 6.29 Å². The van der Waals surface area contributed by atoms with E-state index in [1.54, 1.807) is 13.0 Å². The van der Waals surface area contributed by atoms with Gasteiger partial charge >= 0.3 is 6.09 Å². The van der Waals surface area contributed by atoms with E-state index in [9.17, 15) is 14.0 Å². The van der Waals surface area contributed by atoms with Gasteiger partial charge in [0.05, 0.1) is 12.1 Å². The molecular weight excluding hydrogens is 309 g/mol. The van der Waals surface area contributed by atoms with E-state index in [0.717, 1.165) is 5.56 Å². The molecule has 5 heteroatoms. The Hall–Kier alpha value is -3.13. The van der Waals surface area contributed by atoms with Crippen molar-refractivity contribution < 1.29 is 18.7 Å². The Morgan fingerprint density at radius 2 is 2.00 bits per heavy atom. The number of carbonyl (C=O) groups is 2. The zero-order valence-corrected chi connectivity index (χ0v) is 13.1. The first-order valence-electron chi connectivity index (χ1n) is 7.29. The quantitative estimate of drug-likeness (QED) is 0.693. The molecule has 0 spiro atoms. The van der Waals surface area contributed by atoms with Crippen LogP contribution in [-0.2, 0) is 11.3 Å². The smallest absolute Gasteiger partial charge is 0.408 e. The number of rotatable bonds is 4. The second-order valence-corrected chi connectivity index (χ2v) is 4.99. The summed E-state index contributed by atoms with van der Waals surface area (Å²) in [5.74, 6) is 4.78. The van der Waals surface area contributed by atoms with Gasteiger partial charge in [-0.2, -0.15) is 0 Å². The minimum atomic E-state index is -0.616. The Labute approximate surface area is 139 Å². The number of aldehydes is 1. The van der Waals surface area contributed by atoms with Crippen LogP contribution >= 0.6 is 0 Å². The molecule has 0 fully saturated rings. The predicted molar refractivity (Wildman–Crippen MR) is 88.0 cm³/mol. The van der Waals surface area contributed by atoms with Crippen LogP contribution in [0.1, 0.15) is 27.0 Å². The monoisotopic (exact) mass is 325 g/mol. The number of amides is 1. The molecule has 1 amide bonds. The highest BCUT2D eigenvalue weighted by Crippen LogP contribution is 2.15. The van der Waals surface area contributed by atoms with Crippen LogP contribution in [0, 0.1) is 24.6 Å². The summed E-state index contributed by atoms with van der Waals surface area (Å²) in [6, 6.07) is 12.1. The molecule has 0 aliphatic heterocycles. The molecule has 24 heavy (non-hydrogen) atoms. The number of aryl methyl sites for hydroxylation is 1. The third kappa shape index (κ3) is 4.68. The third-order valence-electron chi connectivity index (χ3n) is 3.27. The molecule has 0 saturated heterocycles. The lowest BCUT2D eigenvalue weighted by Crippen LogP contribution is -2.24. The topological polar surface area (TPSA) is 55.4 Å². The van der Waals surface area contributed by atoms with E-state index in [-0.39, 0.29) is 18.7 Å². The van der Waals surface area contributed by atoms with Crippen LogP contribution in [0.3, 0.4) is 0 Å². The van der Waals surface area contributed by atoms with E-state index in [1.807, 2.05) is 30.3 Å². The van der Waals surface area contributed by atoms with Crippen molar-refractivity contribution in [1.29, 1.82) is 0 Å². The zero-order chi connectivity index (χ0) is 17.4. The summed E-state index contributed by atoms with van der Waals surface area (Å²) in [4.78, 5) is 22.5. The first kappa shape index (κ1) is 17.2. The van der Waals surface area contributed by atoms with E-state index in [4.69, 9.17) is 4.74 Å². The molecule has 2 aromatic carbocycles. The summed E-state index contributed by atoms with van der Waals surface area (Å²) >= 11 is 0. The van der Waals surface area contributed by atoms with Crippen molar-refractivity contribution in [1.82, 2.24) is 5.32 Å². The van der Waals surface area contributed by atoms with Crippen molar-refractivity contribution in [2.45, 2.75) is 13.5 Å². The lowest BCUT2D eigenvalue weighted by atomic mass is 10.0. The maximum Gasteiger partial charge on any atom is 0.408 e. The number of benzene rings is 2. The molecule has 0 aliphatic carbocycles. The first-order valence-corrected chi connectivity index (χ1v) is 7.29. The van der Waals surface area contributed by atoms with Crippen LogP contribution in [-0.4, -0.2) is 18.9 Å². The zero-order valence-electron chi connectivity index (χ0n) is 13.1. The minimum absolute atomic E-state index is 0.0296. The summed E-state index contributed by atoms with van der Waals surface area (Å²) in [6.07, 6.45) is -0.159. The molecule has 0 unspecified atom stereocenters. The molecule has 1 N–H and O–H groups in total. The van der Waals surface area contributed by atoms with Gasteiger partial charge in [0, 0.05) is 5.56 Å². The Bertz CT molecular complexity index is 791. The molecule has 0 radical (unpaired) electrons. The SMILES string of the molecule is Cc1ccc(F)c(C=O)c1C#CCNC(=O)OCc1ccccc1. The molecule has 2 aromatic rings. The van der Waals surface area contributed by atoms with Crippen LogP contribution < -0.4 is 5.32 Å². The van der Waals surface area contributed by atoms with Gasteiger partial charge in [-0.15, -0.1) is 0 Å². The number of halogens is 1. The summed E-state index contributed by atoms with van der Waals surface area (Å²) in [7, 11) is 0. The summed E-state index contributed by atoms with van der Waals surface area (Å²) in [5, 5.41) is 2.48. The fraction of sp³-hybridized carbons (Fsp3) is 0.158. The average molecular weight is 325 g/mol. The Kier molecular flexibility index (Phi) is 6.09. The van der Waals surface area contributed by atoms with Crippen molar-refractivity contribution in [3.05, 3.63) is 70.5 Å². The second kappa shape index (κ2) is 8.49. The van der Waals surface area contributed by atoms with E-state index in [1.165, 1.54) is 6.07 Å². The van der Waals surface area contributed by atoms with E-state index < -0.39 is 11.9 Å². The number of hydrogen-bond donors (Lipinski definition) is 1. The van der Waals surface area contributed by atoms with E-state index in [2.05, 4.69) is 17.2 Å². The van der Waals surface area contributed by atoms with Crippen molar-refractivity contribution in [2.75, 3.05) is 6.54 Å². The Morgan fingerprint density at radius 3 is 2.71 bits per heavy atom. The van der Waals surface area contributed by atoms with E-state index in [0.29, 0.717) is 17.4 Å². The molecular formula is C19H16FNO3. The average Bonchev–Trinajstić information content (AvgIpc) is 2.60. The largest absolute Gasteiger partial charge is 0.445 e. The highest BCUT2D eigenvalue weighted by atomic mass is 19.1. The molecule has 0 bridgehead atoms. The number of ether oxygens (including phenoxy) is 1. The maximum absolute atomic E-state index is 13.5. The van der Waals surface area contributed by atoms with Gasteiger partial charge in [0.2, 0.25) is 0 Å².